The molecule has 0 aromatic rings. The molecule has 0 bridgehead atoms. The van der Waals surface area contributed by atoms with E-state index in [1.54, 1.807) is 6.08 Å². The zero-order chi connectivity index (χ0) is 18.9. The van der Waals surface area contributed by atoms with Crippen molar-refractivity contribution in [2.24, 2.45) is 11.7 Å². The summed E-state index contributed by atoms with van der Waals surface area (Å²) in [5.74, 6) is -0.189. The molecule has 2 heterocycles. The van der Waals surface area contributed by atoms with Crippen molar-refractivity contribution in [1.82, 2.24) is 10.2 Å². The van der Waals surface area contributed by atoms with Gasteiger partial charge >= 0.3 is 5.97 Å². The summed E-state index contributed by atoms with van der Waals surface area (Å²) < 4.78 is 10.3. The van der Waals surface area contributed by atoms with Crippen LogP contribution >= 0.6 is 0 Å². The van der Waals surface area contributed by atoms with Crippen molar-refractivity contribution in [2.45, 2.75) is 38.3 Å². The largest absolute Gasteiger partial charge is 0.466 e. The Hall–Kier alpha value is -1.41. The summed E-state index contributed by atoms with van der Waals surface area (Å²) in [6, 6.07) is 0.771. The van der Waals surface area contributed by atoms with E-state index in [0.29, 0.717) is 24.2 Å². The summed E-state index contributed by atoms with van der Waals surface area (Å²) in [5, 5.41) is 13.6. The van der Waals surface area contributed by atoms with Crippen molar-refractivity contribution in [3.63, 3.8) is 0 Å². The molecule has 2 rings (SSSR count). The molecule has 26 heavy (non-hydrogen) atoms. The number of carbonyl (C=O) groups excluding carboxylic acids is 1. The van der Waals surface area contributed by atoms with Gasteiger partial charge in [-0.2, -0.15) is 0 Å². The van der Waals surface area contributed by atoms with Crippen LogP contribution in [0.25, 0.3) is 0 Å². The van der Waals surface area contributed by atoms with Gasteiger partial charge in [-0.3, -0.25) is 4.90 Å². The fourth-order valence-electron chi connectivity index (χ4n) is 3.69. The Labute approximate surface area is 156 Å². The molecule has 0 aromatic heterocycles. The third-order valence-corrected chi connectivity index (χ3v) is 5.23. The van der Waals surface area contributed by atoms with Gasteiger partial charge in [0.1, 0.15) is 0 Å². The van der Waals surface area contributed by atoms with Crippen molar-refractivity contribution >= 4 is 5.97 Å². The molecule has 4 N–H and O–H groups in total. The average molecular weight is 367 g/mol. The minimum Gasteiger partial charge on any atom is -0.466 e. The van der Waals surface area contributed by atoms with Gasteiger partial charge in [0.05, 0.1) is 12.7 Å². The van der Waals surface area contributed by atoms with Crippen LogP contribution in [-0.4, -0.2) is 74.6 Å². The fourth-order valence-corrected chi connectivity index (χ4v) is 3.69. The number of hydrogen-bond donors (Lipinski definition) is 3. The van der Waals surface area contributed by atoms with E-state index in [1.165, 1.54) is 13.3 Å². The Morgan fingerprint density at radius 2 is 2.12 bits per heavy atom. The third kappa shape index (κ3) is 6.09. The van der Waals surface area contributed by atoms with Crippen LogP contribution in [0.15, 0.2) is 23.4 Å². The molecule has 148 valence electrons. The Balaban J connectivity index is 1.95. The molecule has 2 atom stereocenters. The smallest absolute Gasteiger partial charge is 0.335 e. The van der Waals surface area contributed by atoms with Gasteiger partial charge in [0.2, 0.25) is 0 Å². The zero-order valence-corrected chi connectivity index (χ0v) is 15.9. The number of likely N-dealkylation sites (tertiary alicyclic amines) is 1. The molecule has 7 heteroatoms. The minimum atomic E-state index is -0.339. The molecule has 0 saturated carbocycles. The number of esters is 1. The van der Waals surface area contributed by atoms with E-state index in [0.717, 1.165) is 51.1 Å². The van der Waals surface area contributed by atoms with E-state index in [1.807, 2.05) is 6.92 Å². The van der Waals surface area contributed by atoms with Gasteiger partial charge in [-0.25, -0.2) is 4.79 Å². The number of methoxy groups -OCH3 is 1. The van der Waals surface area contributed by atoms with E-state index >= 15 is 0 Å². The Kier molecular flexibility index (Phi) is 8.58. The summed E-state index contributed by atoms with van der Waals surface area (Å²) in [7, 11) is 1.39. The van der Waals surface area contributed by atoms with Crippen LogP contribution in [0.5, 0.6) is 0 Å². The van der Waals surface area contributed by atoms with Gasteiger partial charge in [0, 0.05) is 50.9 Å². The molecule has 2 unspecified atom stereocenters. The maximum absolute atomic E-state index is 12.1. The average Bonchev–Trinajstić information content (AvgIpc) is 2.68. The van der Waals surface area contributed by atoms with Crippen LogP contribution in [0.4, 0.5) is 0 Å². The molecule has 0 spiro atoms. The van der Waals surface area contributed by atoms with E-state index < -0.39 is 0 Å². The number of rotatable bonds is 7. The molecular weight excluding hydrogens is 334 g/mol. The molecule has 7 nitrogen and oxygen atoms in total. The first-order valence-electron chi connectivity index (χ1n) is 9.41. The van der Waals surface area contributed by atoms with Crippen LogP contribution in [0.2, 0.25) is 0 Å². The molecule has 0 radical (unpaired) electrons. The molecule has 0 amide bonds. The van der Waals surface area contributed by atoms with Crippen LogP contribution in [-0.2, 0) is 14.3 Å². The number of carbonyl (C=O) groups is 1. The second-order valence-corrected chi connectivity index (χ2v) is 7.20. The van der Waals surface area contributed by atoms with Gasteiger partial charge < -0.3 is 25.6 Å². The van der Waals surface area contributed by atoms with Gasteiger partial charge in [0.25, 0.3) is 0 Å². The highest BCUT2D eigenvalue weighted by Crippen LogP contribution is 2.21. The number of allylic oxidation sites excluding steroid dienone is 2. The summed E-state index contributed by atoms with van der Waals surface area (Å²) in [6.07, 6.45) is 6.25. The van der Waals surface area contributed by atoms with Crippen LogP contribution in [0.3, 0.4) is 0 Å². The highest BCUT2D eigenvalue weighted by Gasteiger charge is 2.31. The number of aliphatic hydroxyl groups is 1. The predicted molar refractivity (Wildman–Crippen MR) is 100 cm³/mol. The van der Waals surface area contributed by atoms with Crippen LogP contribution < -0.4 is 11.1 Å². The van der Waals surface area contributed by atoms with E-state index in [-0.39, 0.29) is 18.5 Å². The number of aliphatic hydroxyl groups excluding tert-OH is 1. The Bertz CT molecular complexity index is 515. The van der Waals surface area contributed by atoms with Gasteiger partial charge in [-0.1, -0.05) is 0 Å². The van der Waals surface area contributed by atoms with Crippen LogP contribution in [0.1, 0.15) is 26.2 Å². The van der Waals surface area contributed by atoms with E-state index in [9.17, 15) is 9.90 Å². The summed E-state index contributed by atoms with van der Waals surface area (Å²) in [6.45, 7) is 5.72. The Morgan fingerprint density at radius 3 is 2.73 bits per heavy atom. The lowest BCUT2D eigenvalue weighted by molar-refractivity contribution is -0.136. The molecule has 2 saturated heterocycles. The number of nitrogens with zero attached hydrogens (tertiary/aromatic N) is 1. The maximum Gasteiger partial charge on any atom is 0.335 e. The summed E-state index contributed by atoms with van der Waals surface area (Å²) >= 11 is 0. The number of piperidine rings is 1. The first kappa shape index (κ1) is 20.9. The molecule has 0 aromatic carbocycles. The van der Waals surface area contributed by atoms with E-state index in [2.05, 4.69) is 10.2 Å². The lowest BCUT2D eigenvalue weighted by Gasteiger charge is -2.40. The summed E-state index contributed by atoms with van der Waals surface area (Å²) in [4.78, 5) is 14.3. The Morgan fingerprint density at radius 1 is 1.38 bits per heavy atom. The molecule has 2 fully saturated rings. The minimum absolute atomic E-state index is 0.135. The van der Waals surface area contributed by atoms with Gasteiger partial charge in [-0.05, 0) is 50.6 Å². The highest BCUT2D eigenvalue weighted by atomic mass is 16.5. The molecule has 0 aliphatic carbocycles. The number of nitrogens with one attached hydrogen (secondary N) is 1. The normalized spacial score (nSPS) is 26.7. The highest BCUT2D eigenvalue weighted by molar-refractivity contribution is 5.89. The van der Waals surface area contributed by atoms with Crippen molar-refractivity contribution in [2.75, 3.05) is 46.6 Å². The quantitative estimate of drug-likeness (QED) is 0.340. The second kappa shape index (κ2) is 10.7. The molecular formula is C19H33N3O4. The number of ether oxygens (including phenoxy) is 2. The molecule has 2 aliphatic heterocycles. The topological polar surface area (TPSA) is 97.1 Å². The lowest BCUT2D eigenvalue weighted by atomic mass is 9.91. The number of nitrogens with two attached hydrogens (primary N) is 1. The predicted octanol–water partition coefficient (Wildman–Crippen LogP) is 0.400. The first-order valence-corrected chi connectivity index (χ1v) is 9.41. The third-order valence-electron chi connectivity index (χ3n) is 5.23. The first-order chi connectivity index (χ1) is 12.6. The van der Waals surface area contributed by atoms with Crippen molar-refractivity contribution in [3.8, 4) is 0 Å². The number of hydrogen-bond acceptors (Lipinski definition) is 7. The molecule has 2 aliphatic rings. The standard InChI is InChI=1S/C19H33N3O4/c1-14(10-20)9-15(19(24)25-2)11-22-6-3-18(16(12-22)13-23)21-17-4-7-26-8-5-17/h9-10,16-18,21,23H,3-8,11-13,20H2,1-2H3/b14-10-,15-9+. The summed E-state index contributed by atoms with van der Waals surface area (Å²) in [5.41, 5.74) is 6.93. The SMILES string of the molecule is COC(=O)/C(=C/C(C)=C\N)CN1CCC(NC2CCOCC2)C(CO)C1. The van der Waals surface area contributed by atoms with Gasteiger partial charge in [-0.15, -0.1) is 0 Å². The van der Waals surface area contributed by atoms with Crippen molar-refractivity contribution in [1.29, 1.82) is 0 Å². The van der Waals surface area contributed by atoms with Gasteiger partial charge in [0.15, 0.2) is 0 Å². The fraction of sp³-hybridized carbons (Fsp3) is 0.737. The lowest BCUT2D eigenvalue weighted by Crippen LogP contribution is -2.54. The van der Waals surface area contributed by atoms with Crippen LogP contribution in [0, 0.1) is 5.92 Å². The van der Waals surface area contributed by atoms with Crippen molar-refractivity contribution < 1.29 is 19.4 Å². The monoisotopic (exact) mass is 367 g/mol. The van der Waals surface area contributed by atoms with Crippen molar-refractivity contribution in [3.05, 3.63) is 23.4 Å². The second-order valence-electron chi connectivity index (χ2n) is 7.20. The maximum atomic E-state index is 12.1. The van der Waals surface area contributed by atoms with E-state index in [4.69, 9.17) is 15.2 Å². The zero-order valence-electron chi connectivity index (χ0n) is 15.9.